The van der Waals surface area contributed by atoms with Crippen LogP contribution < -0.4 is 15.4 Å². The first-order valence-electron chi connectivity index (χ1n) is 7.87. The van der Waals surface area contributed by atoms with Crippen LogP contribution >= 0.6 is 28.3 Å². The number of anilines is 1. The summed E-state index contributed by atoms with van der Waals surface area (Å²) in [6.45, 7) is 3.81. The number of carbonyl (C=O) groups is 1. The number of carbonyl (C=O) groups excluding carboxylic acids is 1. The Hall–Kier alpha value is -1.64. The second-order valence-electron chi connectivity index (χ2n) is 5.75. The molecule has 0 spiro atoms. The van der Waals surface area contributed by atoms with E-state index in [0.29, 0.717) is 23.2 Å². The monoisotopic (exact) mass is 429 g/mol. The summed E-state index contributed by atoms with van der Waals surface area (Å²) in [4.78, 5) is 12.6. The molecule has 1 aliphatic heterocycles. The van der Waals surface area contributed by atoms with Gasteiger partial charge in [0, 0.05) is 10.5 Å². The fraction of sp³-hybridized carbons (Fsp3) is 0.438. The Balaban J connectivity index is 0.00000225. The molecule has 1 aliphatic rings. The van der Waals surface area contributed by atoms with Gasteiger partial charge in [0.1, 0.15) is 5.75 Å². The average molecular weight is 431 g/mol. The van der Waals surface area contributed by atoms with Crippen LogP contribution in [0, 0.1) is 6.92 Å². The minimum atomic E-state index is -0.276. The molecule has 1 aromatic carbocycles. The summed E-state index contributed by atoms with van der Waals surface area (Å²) in [5, 5.41) is 14.5. The maximum atomic E-state index is 12.6. The minimum absolute atomic E-state index is 0. The summed E-state index contributed by atoms with van der Waals surface area (Å²) in [6, 6.07) is 5.70. The normalized spacial score (nSPS) is 14.7. The highest BCUT2D eigenvalue weighted by Crippen LogP contribution is 2.28. The maximum absolute atomic E-state index is 12.6. The number of halogens is 2. The van der Waals surface area contributed by atoms with Gasteiger partial charge in [-0.1, -0.05) is 5.21 Å². The smallest absolute Gasteiger partial charge is 0.278 e. The molecule has 1 fully saturated rings. The van der Waals surface area contributed by atoms with Crippen LogP contribution in [0.15, 0.2) is 22.7 Å². The van der Waals surface area contributed by atoms with Gasteiger partial charge in [-0.15, -0.1) is 17.5 Å². The lowest BCUT2D eigenvalue weighted by Crippen LogP contribution is -2.30. The van der Waals surface area contributed by atoms with Crippen molar-refractivity contribution in [2.24, 2.45) is 0 Å². The fourth-order valence-corrected chi connectivity index (χ4v) is 3.20. The van der Waals surface area contributed by atoms with E-state index in [1.165, 1.54) is 0 Å². The highest BCUT2D eigenvalue weighted by atomic mass is 79.9. The van der Waals surface area contributed by atoms with E-state index in [2.05, 4.69) is 36.9 Å². The van der Waals surface area contributed by atoms with Gasteiger partial charge >= 0.3 is 0 Å². The van der Waals surface area contributed by atoms with Crippen molar-refractivity contribution >= 4 is 39.9 Å². The third-order valence-corrected chi connectivity index (χ3v) is 4.91. The number of nitrogens with zero attached hydrogens (tertiary/aromatic N) is 3. The number of aromatic nitrogens is 3. The van der Waals surface area contributed by atoms with E-state index < -0.39 is 0 Å². The molecule has 0 bridgehead atoms. The van der Waals surface area contributed by atoms with E-state index in [1.807, 2.05) is 23.7 Å². The molecule has 1 aromatic heterocycles. The number of piperidine rings is 1. The highest BCUT2D eigenvalue weighted by molar-refractivity contribution is 9.10. The van der Waals surface area contributed by atoms with E-state index in [1.54, 1.807) is 13.2 Å². The van der Waals surface area contributed by atoms with Gasteiger partial charge in [-0.3, -0.25) is 4.79 Å². The lowest BCUT2D eigenvalue weighted by atomic mass is 10.1. The fourth-order valence-electron chi connectivity index (χ4n) is 2.86. The molecule has 2 N–H and O–H groups in total. The first-order valence-corrected chi connectivity index (χ1v) is 8.67. The number of ether oxygens (including phenoxy) is 1. The van der Waals surface area contributed by atoms with Crippen LogP contribution in [-0.2, 0) is 0 Å². The number of hydrogen-bond donors (Lipinski definition) is 2. The predicted molar refractivity (Wildman–Crippen MR) is 102 cm³/mol. The van der Waals surface area contributed by atoms with Crippen molar-refractivity contribution in [1.82, 2.24) is 20.3 Å². The van der Waals surface area contributed by atoms with Gasteiger partial charge in [0.25, 0.3) is 5.91 Å². The summed E-state index contributed by atoms with van der Waals surface area (Å²) in [5.74, 6) is 0.394. The summed E-state index contributed by atoms with van der Waals surface area (Å²) >= 11 is 3.43. The molecule has 0 unspecified atom stereocenters. The molecule has 3 rings (SSSR count). The summed E-state index contributed by atoms with van der Waals surface area (Å²) in [5.41, 5.74) is 1.77. The number of hydrogen-bond acceptors (Lipinski definition) is 5. The molecular weight excluding hydrogens is 410 g/mol. The quantitative estimate of drug-likeness (QED) is 0.779. The Kier molecular flexibility index (Phi) is 6.80. The number of amides is 1. The molecule has 2 aromatic rings. The van der Waals surface area contributed by atoms with E-state index in [4.69, 9.17) is 4.74 Å². The SMILES string of the molecule is COc1ccc(Br)c(NC(=O)c2nnn(C3CCNCC3)c2C)c1.Cl. The number of rotatable bonds is 4. The largest absolute Gasteiger partial charge is 0.497 e. The van der Waals surface area contributed by atoms with E-state index >= 15 is 0 Å². The van der Waals surface area contributed by atoms with E-state index in [9.17, 15) is 4.79 Å². The van der Waals surface area contributed by atoms with Gasteiger partial charge in [0.05, 0.1) is 24.5 Å². The Morgan fingerprint density at radius 3 is 2.80 bits per heavy atom. The molecule has 2 heterocycles. The second-order valence-corrected chi connectivity index (χ2v) is 6.60. The average Bonchev–Trinajstić information content (AvgIpc) is 2.99. The molecule has 9 heteroatoms. The van der Waals surface area contributed by atoms with Crippen LogP contribution in [0.5, 0.6) is 5.75 Å². The molecular formula is C16H21BrClN5O2. The lowest BCUT2D eigenvalue weighted by Gasteiger charge is -2.23. The zero-order valence-electron chi connectivity index (χ0n) is 14.1. The molecule has 0 aliphatic carbocycles. The summed E-state index contributed by atoms with van der Waals surface area (Å²) in [7, 11) is 1.59. The molecule has 0 atom stereocenters. The predicted octanol–water partition coefficient (Wildman–Crippen LogP) is 2.96. The van der Waals surface area contributed by atoms with E-state index in [0.717, 1.165) is 36.1 Å². The van der Waals surface area contributed by atoms with Crippen molar-refractivity contribution in [3.05, 3.63) is 34.1 Å². The molecule has 0 saturated carbocycles. The minimum Gasteiger partial charge on any atom is -0.497 e. The van der Waals surface area contributed by atoms with Crippen molar-refractivity contribution in [3.63, 3.8) is 0 Å². The Morgan fingerprint density at radius 2 is 2.12 bits per heavy atom. The van der Waals surface area contributed by atoms with Crippen molar-refractivity contribution in [2.75, 3.05) is 25.5 Å². The Morgan fingerprint density at radius 1 is 1.40 bits per heavy atom. The van der Waals surface area contributed by atoms with Gasteiger partial charge in [0.15, 0.2) is 5.69 Å². The molecule has 7 nitrogen and oxygen atoms in total. The van der Waals surface area contributed by atoms with E-state index in [-0.39, 0.29) is 18.3 Å². The molecule has 136 valence electrons. The van der Waals surface area contributed by atoms with Crippen molar-refractivity contribution in [3.8, 4) is 5.75 Å². The topological polar surface area (TPSA) is 81.1 Å². The zero-order valence-corrected chi connectivity index (χ0v) is 16.5. The Labute approximate surface area is 161 Å². The molecule has 0 radical (unpaired) electrons. The van der Waals surface area contributed by atoms with Gasteiger partial charge < -0.3 is 15.4 Å². The molecule has 1 amide bonds. The number of benzene rings is 1. The zero-order chi connectivity index (χ0) is 17.1. The second kappa shape index (κ2) is 8.64. The van der Waals surface area contributed by atoms with Crippen LogP contribution in [0.25, 0.3) is 0 Å². The third kappa shape index (κ3) is 4.31. The standard InChI is InChI=1S/C16H20BrN5O2.ClH/c1-10-15(20-21-22(10)11-5-7-18-8-6-11)16(23)19-14-9-12(24-2)3-4-13(14)17;/h3-4,9,11,18H,5-8H2,1-2H3,(H,19,23);1H. The number of methoxy groups -OCH3 is 1. The Bertz CT molecular complexity index is 746. The lowest BCUT2D eigenvalue weighted by molar-refractivity contribution is 0.102. The van der Waals surface area contributed by atoms with Crippen LogP contribution in [0.3, 0.4) is 0 Å². The van der Waals surface area contributed by atoms with Gasteiger partial charge in [-0.25, -0.2) is 4.68 Å². The third-order valence-electron chi connectivity index (χ3n) is 4.22. The summed E-state index contributed by atoms with van der Waals surface area (Å²) in [6.07, 6.45) is 1.99. The first-order chi connectivity index (χ1) is 11.6. The molecule has 25 heavy (non-hydrogen) atoms. The van der Waals surface area contributed by atoms with Crippen molar-refractivity contribution < 1.29 is 9.53 Å². The highest BCUT2D eigenvalue weighted by Gasteiger charge is 2.23. The van der Waals surface area contributed by atoms with Crippen LogP contribution in [0.1, 0.15) is 35.1 Å². The van der Waals surface area contributed by atoms with Crippen LogP contribution in [0.2, 0.25) is 0 Å². The van der Waals surface area contributed by atoms with Crippen LogP contribution in [-0.4, -0.2) is 41.1 Å². The van der Waals surface area contributed by atoms with Crippen molar-refractivity contribution in [2.45, 2.75) is 25.8 Å². The van der Waals surface area contributed by atoms with Gasteiger partial charge in [-0.2, -0.15) is 0 Å². The van der Waals surface area contributed by atoms with Crippen LogP contribution in [0.4, 0.5) is 5.69 Å². The number of nitrogens with one attached hydrogen (secondary N) is 2. The van der Waals surface area contributed by atoms with Gasteiger partial charge in [-0.05, 0) is 60.9 Å². The first kappa shape index (κ1) is 19.7. The van der Waals surface area contributed by atoms with Gasteiger partial charge in [0.2, 0.25) is 0 Å². The maximum Gasteiger partial charge on any atom is 0.278 e. The van der Waals surface area contributed by atoms with Crippen molar-refractivity contribution in [1.29, 1.82) is 0 Å². The molecule has 1 saturated heterocycles. The summed E-state index contributed by atoms with van der Waals surface area (Å²) < 4.78 is 7.84.